The molecule has 1 N–H and O–H groups in total. The van der Waals surface area contributed by atoms with E-state index >= 15 is 4.57 Å². The van der Waals surface area contributed by atoms with Gasteiger partial charge in [-0.2, -0.15) is 0 Å². The van der Waals surface area contributed by atoms with Crippen LogP contribution in [0.1, 0.15) is 11.7 Å². The molecule has 4 heteroatoms. The molecule has 0 amide bonds. The molecular formula is C53H35N2OP. The van der Waals surface area contributed by atoms with Crippen molar-refractivity contribution in [1.29, 1.82) is 0 Å². The van der Waals surface area contributed by atoms with Crippen molar-refractivity contribution in [2.75, 3.05) is 10.2 Å². The van der Waals surface area contributed by atoms with Crippen LogP contribution in [0.2, 0.25) is 0 Å². The van der Waals surface area contributed by atoms with Crippen LogP contribution in [0.3, 0.4) is 0 Å². The average molecular weight is 747 g/mol. The van der Waals surface area contributed by atoms with Crippen molar-refractivity contribution in [2.24, 2.45) is 0 Å². The van der Waals surface area contributed by atoms with Crippen LogP contribution in [0.5, 0.6) is 0 Å². The average Bonchev–Trinajstić information content (AvgIpc) is 3.68. The molecule has 0 aromatic heterocycles. The monoisotopic (exact) mass is 746 g/mol. The highest BCUT2D eigenvalue weighted by molar-refractivity contribution is 7.85. The molecule has 268 valence electrons. The summed E-state index contributed by atoms with van der Waals surface area (Å²) in [5, 5.41) is 16.1. The third-order valence-electron chi connectivity index (χ3n) is 12.2. The molecule has 0 fully saturated rings. The summed E-state index contributed by atoms with van der Waals surface area (Å²) in [5.74, 6) is 0. The highest BCUT2D eigenvalue weighted by Gasteiger charge is 2.40. The molecule has 1 unspecified atom stereocenters. The van der Waals surface area contributed by atoms with Crippen LogP contribution < -0.4 is 26.1 Å². The fourth-order valence-electron chi connectivity index (χ4n) is 9.57. The first kappa shape index (κ1) is 32.3. The van der Waals surface area contributed by atoms with Gasteiger partial charge in [0.05, 0.1) is 17.1 Å². The summed E-state index contributed by atoms with van der Waals surface area (Å²) in [6, 6.07) is 70.9. The van der Waals surface area contributed by atoms with Gasteiger partial charge in [0, 0.05) is 32.6 Å². The summed E-state index contributed by atoms with van der Waals surface area (Å²) in [7, 11) is -3.09. The first-order valence-electron chi connectivity index (χ1n) is 19.6. The summed E-state index contributed by atoms with van der Waals surface area (Å²) in [5.41, 5.74) is 9.74. The van der Waals surface area contributed by atoms with E-state index < -0.39 is 7.14 Å². The molecule has 2 aliphatic heterocycles. The second-order valence-corrected chi connectivity index (χ2v) is 18.0. The normalized spacial score (nSPS) is 14.3. The van der Waals surface area contributed by atoms with Gasteiger partial charge in [-0.15, -0.1) is 0 Å². The van der Waals surface area contributed by atoms with Gasteiger partial charge in [-0.1, -0.05) is 170 Å². The van der Waals surface area contributed by atoms with Gasteiger partial charge in [-0.25, -0.2) is 0 Å². The Bertz CT molecular complexity index is 3280. The molecule has 57 heavy (non-hydrogen) atoms. The minimum Gasteiger partial charge on any atom is -0.359 e. The zero-order valence-corrected chi connectivity index (χ0v) is 31.8. The Kier molecular flexibility index (Phi) is 6.97. The Balaban J connectivity index is 1.01. The largest absolute Gasteiger partial charge is 0.359 e. The molecule has 3 nitrogen and oxygen atoms in total. The van der Waals surface area contributed by atoms with Crippen molar-refractivity contribution in [1.82, 2.24) is 0 Å². The van der Waals surface area contributed by atoms with Gasteiger partial charge >= 0.3 is 0 Å². The van der Waals surface area contributed by atoms with Crippen molar-refractivity contribution in [3.05, 3.63) is 206 Å². The Morgan fingerprint density at radius 1 is 0.421 bits per heavy atom. The molecule has 0 saturated heterocycles. The molecule has 0 bridgehead atoms. The van der Waals surface area contributed by atoms with Crippen molar-refractivity contribution >= 4 is 83.2 Å². The van der Waals surface area contributed by atoms with Crippen molar-refractivity contribution < 1.29 is 4.57 Å². The Morgan fingerprint density at radius 3 is 1.81 bits per heavy atom. The molecule has 0 aliphatic carbocycles. The Morgan fingerprint density at radius 2 is 1.05 bits per heavy atom. The van der Waals surface area contributed by atoms with Crippen LogP contribution in [0, 0.1) is 0 Å². The van der Waals surface area contributed by atoms with E-state index in [-0.39, 0.29) is 6.17 Å². The van der Waals surface area contributed by atoms with E-state index in [0.29, 0.717) is 0 Å². The highest BCUT2D eigenvalue weighted by Crippen LogP contribution is 2.58. The fourth-order valence-corrected chi connectivity index (χ4v) is 12.3. The zero-order chi connectivity index (χ0) is 37.7. The third kappa shape index (κ3) is 4.76. The lowest BCUT2D eigenvalue weighted by molar-refractivity contribution is 0.592. The maximum absolute atomic E-state index is 15.2. The number of nitrogens with one attached hydrogen (secondary N) is 1. The second kappa shape index (κ2) is 12.3. The highest BCUT2D eigenvalue weighted by atomic mass is 31.2. The number of benzene rings is 10. The van der Waals surface area contributed by atoms with E-state index in [1.807, 2.05) is 60.7 Å². The number of nitrogens with zero attached hydrogens (tertiary/aromatic N) is 1. The van der Waals surface area contributed by atoms with Gasteiger partial charge in [-0.3, -0.25) is 0 Å². The van der Waals surface area contributed by atoms with Crippen molar-refractivity contribution in [3.63, 3.8) is 0 Å². The van der Waals surface area contributed by atoms with Crippen LogP contribution in [0.4, 0.5) is 17.1 Å². The van der Waals surface area contributed by atoms with E-state index in [0.717, 1.165) is 32.4 Å². The minimum absolute atomic E-state index is 0.0581. The van der Waals surface area contributed by atoms with Crippen LogP contribution in [-0.2, 0) is 4.57 Å². The SMILES string of the molecule is O=P(c1ccccc1)(c1ccccc1)c1ccc2c(ccc3cc(-c4cccc5c4N4c6cc7ccccc7cc6-c6ccc7ccccc7c6C4N5)ccc32)c1. The van der Waals surface area contributed by atoms with Crippen LogP contribution in [0.25, 0.3) is 65.3 Å². The molecule has 12 rings (SSSR count). The van der Waals surface area contributed by atoms with Crippen molar-refractivity contribution in [3.8, 4) is 22.3 Å². The zero-order valence-electron chi connectivity index (χ0n) is 30.9. The van der Waals surface area contributed by atoms with E-state index in [9.17, 15) is 0 Å². The lowest BCUT2D eigenvalue weighted by Crippen LogP contribution is -2.28. The van der Waals surface area contributed by atoms with Gasteiger partial charge in [0.2, 0.25) is 0 Å². The molecule has 2 aliphatic rings. The van der Waals surface area contributed by atoms with Gasteiger partial charge < -0.3 is 14.8 Å². The molecule has 10 aromatic carbocycles. The topological polar surface area (TPSA) is 32.3 Å². The number of anilines is 3. The standard InChI is InChI=1S/C53H35N2OP/c56-57(40-15-3-1-4-16-40,41-17-5-2-6-18-41)42-26-29-44-39(31-42)23-22-37-30-38(25-27-43(37)44)46-20-11-21-49-52(46)55-50-33-36-14-8-7-13-35(36)32-48(50)47-28-24-34-12-9-10-19-45(34)51(47)53(55)54-49/h1-33,53-54H. The van der Waals surface area contributed by atoms with Crippen LogP contribution >= 0.6 is 7.14 Å². The Hall–Kier alpha value is -6.93. The molecule has 0 radical (unpaired) electrons. The summed E-state index contributed by atoms with van der Waals surface area (Å²) in [4.78, 5) is 2.55. The van der Waals surface area contributed by atoms with Gasteiger partial charge in [-0.05, 0) is 84.5 Å². The van der Waals surface area contributed by atoms with E-state index in [4.69, 9.17) is 0 Å². The summed E-state index contributed by atoms with van der Waals surface area (Å²) < 4.78 is 15.2. The number of para-hydroxylation sites is 1. The first-order chi connectivity index (χ1) is 28.1. The van der Waals surface area contributed by atoms with Gasteiger partial charge in [0.15, 0.2) is 7.14 Å². The number of fused-ring (bicyclic) bond motifs is 14. The second-order valence-electron chi connectivity index (χ2n) is 15.3. The lowest BCUT2D eigenvalue weighted by atomic mass is 9.86. The van der Waals surface area contributed by atoms with E-state index in [2.05, 4.69) is 150 Å². The van der Waals surface area contributed by atoms with Crippen LogP contribution in [-0.4, -0.2) is 0 Å². The first-order valence-corrected chi connectivity index (χ1v) is 21.3. The van der Waals surface area contributed by atoms with Crippen LogP contribution in [0.15, 0.2) is 200 Å². The number of hydrogen-bond donors (Lipinski definition) is 1. The number of rotatable bonds is 4. The molecule has 2 heterocycles. The molecule has 0 saturated carbocycles. The smallest absolute Gasteiger partial charge is 0.171 e. The lowest BCUT2D eigenvalue weighted by Gasteiger charge is -2.37. The molecular weight excluding hydrogens is 712 g/mol. The maximum atomic E-state index is 15.2. The molecule has 0 spiro atoms. The predicted molar refractivity (Wildman–Crippen MR) is 242 cm³/mol. The quantitative estimate of drug-likeness (QED) is 0.144. The van der Waals surface area contributed by atoms with Gasteiger partial charge in [0.25, 0.3) is 0 Å². The fraction of sp³-hybridized carbons (Fsp3) is 0.0189. The molecule has 10 aromatic rings. The number of hydrogen-bond acceptors (Lipinski definition) is 3. The van der Waals surface area contributed by atoms with Gasteiger partial charge in [0.1, 0.15) is 6.17 Å². The third-order valence-corrected chi connectivity index (χ3v) is 15.3. The molecule has 1 atom stereocenters. The summed E-state index contributed by atoms with van der Waals surface area (Å²) in [6.45, 7) is 0. The summed E-state index contributed by atoms with van der Waals surface area (Å²) in [6.07, 6.45) is -0.0581. The minimum atomic E-state index is -3.09. The Labute approximate surface area is 330 Å². The van der Waals surface area contributed by atoms with E-state index in [1.54, 1.807) is 0 Å². The van der Waals surface area contributed by atoms with Crippen molar-refractivity contribution in [2.45, 2.75) is 6.17 Å². The van der Waals surface area contributed by atoms with E-state index in [1.165, 1.54) is 71.5 Å². The summed E-state index contributed by atoms with van der Waals surface area (Å²) >= 11 is 0. The predicted octanol–water partition coefficient (Wildman–Crippen LogP) is 12.8. The maximum Gasteiger partial charge on any atom is 0.171 e.